The molecule has 0 radical (unpaired) electrons. The average molecular weight is 611 g/mol. The molecule has 0 atom stereocenters. The molecule has 234 valence electrons. The van der Waals surface area contributed by atoms with Crippen molar-refractivity contribution in [2.45, 2.75) is 50.7 Å². The highest BCUT2D eigenvalue weighted by Gasteiger charge is 2.38. The van der Waals surface area contributed by atoms with Gasteiger partial charge < -0.3 is 24.3 Å². The Kier molecular flexibility index (Phi) is 8.33. The maximum absolute atomic E-state index is 13.3. The molecule has 11 heteroatoms. The fourth-order valence-corrected chi connectivity index (χ4v) is 6.58. The zero-order valence-electron chi connectivity index (χ0n) is 25.5. The van der Waals surface area contributed by atoms with Crippen LogP contribution in [0.2, 0.25) is 0 Å². The fraction of sp³-hybridized carbons (Fsp3) is 0.412. The standard InChI is InChI=1S/C34H38N6O5/c1-43-38-32(42)29-22-40(27-11-8-24-4-2-5-25(24)20-27)31-28(30(29)41)21-35-33(37-31)36-26-9-6-23(7-10-26)12-15-39-16-13-34(14-17-39)44-18-3-19-45-34/h6-11,20-22H,2-5,12-19H2,1H3,(H,38,42)(H,35,36,37). The van der Waals surface area contributed by atoms with Crippen molar-refractivity contribution in [1.29, 1.82) is 0 Å². The predicted molar refractivity (Wildman–Crippen MR) is 170 cm³/mol. The Morgan fingerprint density at radius 1 is 1.02 bits per heavy atom. The lowest BCUT2D eigenvalue weighted by Crippen LogP contribution is -2.50. The van der Waals surface area contributed by atoms with Crippen LogP contribution in [0.1, 0.15) is 52.7 Å². The van der Waals surface area contributed by atoms with E-state index in [4.69, 9.17) is 19.3 Å². The van der Waals surface area contributed by atoms with Gasteiger partial charge in [-0.2, -0.15) is 4.98 Å². The summed E-state index contributed by atoms with van der Waals surface area (Å²) < 4.78 is 13.7. The second-order valence-electron chi connectivity index (χ2n) is 12.0. The SMILES string of the molecule is CONC(=O)c1cn(-c2ccc3c(c2)CCC3)c2nc(Nc3ccc(CCN4CCC5(CC4)OCCCO5)cc3)ncc2c1=O. The monoisotopic (exact) mass is 610 g/mol. The van der Waals surface area contributed by atoms with E-state index in [1.54, 1.807) is 4.57 Å². The average Bonchev–Trinajstić information content (AvgIpc) is 3.54. The maximum atomic E-state index is 13.3. The van der Waals surface area contributed by atoms with Crippen LogP contribution in [-0.2, 0) is 33.6 Å². The molecule has 2 saturated heterocycles. The molecule has 4 aromatic rings. The normalized spacial score (nSPS) is 17.8. The molecule has 2 N–H and O–H groups in total. The second-order valence-corrected chi connectivity index (χ2v) is 12.0. The highest BCUT2D eigenvalue weighted by atomic mass is 16.7. The first-order valence-corrected chi connectivity index (χ1v) is 15.7. The Labute approximate surface area is 261 Å². The molecule has 1 spiro atoms. The van der Waals surface area contributed by atoms with Crippen molar-refractivity contribution in [3.05, 3.63) is 87.3 Å². The third-order valence-electron chi connectivity index (χ3n) is 9.11. The Morgan fingerprint density at radius 3 is 2.58 bits per heavy atom. The van der Waals surface area contributed by atoms with E-state index in [9.17, 15) is 9.59 Å². The van der Waals surface area contributed by atoms with Crippen LogP contribution in [-0.4, -0.2) is 71.1 Å². The lowest BCUT2D eigenvalue weighted by Gasteiger charge is -2.43. The number of nitrogens with zero attached hydrogens (tertiary/aromatic N) is 4. The quantitative estimate of drug-likeness (QED) is 0.285. The van der Waals surface area contributed by atoms with E-state index in [1.165, 1.54) is 36.2 Å². The number of hydrogen-bond donors (Lipinski definition) is 2. The molecule has 1 aliphatic carbocycles. The number of pyridine rings is 1. The van der Waals surface area contributed by atoms with E-state index in [0.717, 1.165) is 89.2 Å². The first-order chi connectivity index (χ1) is 22.0. The van der Waals surface area contributed by atoms with Crippen LogP contribution in [0.3, 0.4) is 0 Å². The van der Waals surface area contributed by atoms with Gasteiger partial charge in [-0.3, -0.25) is 14.4 Å². The van der Waals surface area contributed by atoms with Crippen LogP contribution in [0, 0.1) is 0 Å². The van der Waals surface area contributed by atoms with Gasteiger partial charge in [0.15, 0.2) is 11.4 Å². The number of piperidine rings is 1. The van der Waals surface area contributed by atoms with Crippen LogP contribution in [0.15, 0.2) is 59.7 Å². The number of likely N-dealkylation sites (tertiary alicyclic amines) is 1. The van der Waals surface area contributed by atoms with E-state index >= 15 is 0 Å². The Balaban J connectivity index is 1.08. The third-order valence-corrected chi connectivity index (χ3v) is 9.11. The number of rotatable bonds is 8. The highest BCUT2D eigenvalue weighted by Crippen LogP contribution is 2.31. The molecule has 2 aromatic carbocycles. The van der Waals surface area contributed by atoms with E-state index < -0.39 is 11.3 Å². The summed E-state index contributed by atoms with van der Waals surface area (Å²) in [5.41, 5.74) is 7.66. The summed E-state index contributed by atoms with van der Waals surface area (Å²) in [6.45, 7) is 4.55. The molecular formula is C34H38N6O5. The third kappa shape index (κ3) is 6.21. The number of aromatic nitrogens is 3. The van der Waals surface area contributed by atoms with Crippen LogP contribution in [0.5, 0.6) is 0 Å². The molecule has 0 saturated carbocycles. The number of aryl methyl sites for hydroxylation is 2. The first kappa shape index (κ1) is 29.5. The number of anilines is 2. The minimum Gasteiger partial charge on any atom is -0.350 e. The largest absolute Gasteiger partial charge is 0.350 e. The minimum atomic E-state index is -0.627. The number of hydrogen-bond acceptors (Lipinski definition) is 9. The van der Waals surface area contributed by atoms with E-state index in [-0.39, 0.29) is 16.7 Å². The van der Waals surface area contributed by atoms with Crippen LogP contribution >= 0.6 is 0 Å². The van der Waals surface area contributed by atoms with Gasteiger partial charge in [0.05, 0.1) is 25.7 Å². The van der Waals surface area contributed by atoms with Crippen LogP contribution in [0.25, 0.3) is 16.7 Å². The summed E-state index contributed by atoms with van der Waals surface area (Å²) in [6.07, 6.45) is 9.94. The lowest BCUT2D eigenvalue weighted by molar-refractivity contribution is -0.283. The van der Waals surface area contributed by atoms with Crippen molar-refractivity contribution in [2.24, 2.45) is 0 Å². The Bertz CT molecular complexity index is 1760. The smallest absolute Gasteiger partial charge is 0.280 e. The summed E-state index contributed by atoms with van der Waals surface area (Å²) in [5, 5.41) is 3.53. The van der Waals surface area contributed by atoms with E-state index in [2.05, 4.69) is 44.9 Å². The summed E-state index contributed by atoms with van der Waals surface area (Å²) in [4.78, 5) is 42.5. The van der Waals surface area contributed by atoms with Gasteiger partial charge in [-0.15, -0.1) is 0 Å². The number of benzene rings is 2. The van der Waals surface area contributed by atoms with E-state index in [1.807, 2.05) is 18.2 Å². The molecule has 2 aliphatic heterocycles. The van der Waals surface area contributed by atoms with Crippen molar-refractivity contribution in [1.82, 2.24) is 24.9 Å². The Morgan fingerprint density at radius 2 is 1.80 bits per heavy atom. The molecule has 0 unspecified atom stereocenters. The number of hydroxylamine groups is 1. The van der Waals surface area contributed by atoms with Gasteiger partial charge in [-0.05, 0) is 73.1 Å². The number of carbonyl (C=O) groups excluding carboxylic acids is 1. The Hall–Kier alpha value is -4.16. The number of amides is 1. The molecule has 3 aliphatic rings. The topological polar surface area (TPSA) is 120 Å². The van der Waals surface area contributed by atoms with E-state index in [0.29, 0.717) is 11.6 Å². The van der Waals surface area contributed by atoms with Crippen LogP contribution in [0.4, 0.5) is 11.6 Å². The molecule has 7 rings (SSSR count). The summed E-state index contributed by atoms with van der Waals surface area (Å²) in [7, 11) is 1.33. The molecule has 0 bridgehead atoms. The maximum Gasteiger partial charge on any atom is 0.280 e. The van der Waals surface area contributed by atoms with Crippen molar-refractivity contribution in [3.8, 4) is 5.69 Å². The molecular weight excluding hydrogens is 572 g/mol. The predicted octanol–water partition coefficient (Wildman–Crippen LogP) is 4.08. The van der Waals surface area contributed by atoms with Gasteiger partial charge in [0.25, 0.3) is 5.91 Å². The number of ether oxygens (including phenoxy) is 2. The van der Waals surface area contributed by atoms with Gasteiger partial charge in [-0.25, -0.2) is 10.5 Å². The second kappa shape index (κ2) is 12.7. The zero-order valence-corrected chi connectivity index (χ0v) is 25.5. The van der Waals surface area contributed by atoms with Crippen molar-refractivity contribution in [3.63, 3.8) is 0 Å². The zero-order chi connectivity index (χ0) is 30.8. The van der Waals surface area contributed by atoms with Crippen molar-refractivity contribution >= 4 is 28.6 Å². The van der Waals surface area contributed by atoms with Gasteiger partial charge in [0, 0.05) is 56.2 Å². The first-order valence-electron chi connectivity index (χ1n) is 15.7. The van der Waals surface area contributed by atoms with Crippen LogP contribution < -0.4 is 16.2 Å². The summed E-state index contributed by atoms with van der Waals surface area (Å²) in [5.74, 6) is -0.630. The summed E-state index contributed by atoms with van der Waals surface area (Å²) in [6, 6.07) is 14.5. The van der Waals surface area contributed by atoms with Crippen molar-refractivity contribution in [2.75, 3.05) is 45.3 Å². The van der Waals surface area contributed by atoms with Gasteiger partial charge in [0.2, 0.25) is 11.4 Å². The molecule has 1 amide bonds. The van der Waals surface area contributed by atoms with Gasteiger partial charge >= 0.3 is 0 Å². The molecule has 11 nitrogen and oxygen atoms in total. The number of carbonyl (C=O) groups is 1. The highest BCUT2D eigenvalue weighted by molar-refractivity contribution is 5.96. The molecule has 4 heterocycles. The number of fused-ring (bicyclic) bond motifs is 2. The minimum absolute atomic E-state index is 0.0514. The van der Waals surface area contributed by atoms with Gasteiger partial charge in [0.1, 0.15) is 5.56 Å². The summed E-state index contributed by atoms with van der Waals surface area (Å²) >= 11 is 0. The lowest BCUT2D eigenvalue weighted by atomic mass is 10.0. The molecule has 2 aromatic heterocycles. The fourth-order valence-electron chi connectivity index (χ4n) is 6.58. The van der Waals surface area contributed by atoms with Gasteiger partial charge in [-0.1, -0.05) is 18.2 Å². The molecule has 45 heavy (non-hydrogen) atoms. The molecule has 2 fully saturated rings. The van der Waals surface area contributed by atoms with Crippen molar-refractivity contribution < 1.29 is 19.1 Å². The number of nitrogens with one attached hydrogen (secondary N) is 2.